The van der Waals surface area contributed by atoms with E-state index in [1.807, 2.05) is 19.9 Å². The molecule has 3 unspecified atom stereocenters. The molecule has 4 rings (SSSR count). The van der Waals surface area contributed by atoms with Crippen LogP contribution in [0.25, 0.3) is 0 Å². The third-order valence-corrected chi connectivity index (χ3v) is 17.6. The summed E-state index contributed by atoms with van der Waals surface area (Å²) in [7, 11) is 1.13. The third kappa shape index (κ3) is 28.6. The van der Waals surface area contributed by atoms with E-state index in [1.54, 1.807) is 31.2 Å². The molecule has 2 N–H and O–H groups in total. The van der Waals surface area contributed by atoms with Crippen molar-refractivity contribution in [1.82, 2.24) is 5.32 Å². The number of aliphatic hydroxyl groups excluding tert-OH is 1. The molecule has 1 amide bonds. The van der Waals surface area contributed by atoms with Gasteiger partial charge in [0, 0.05) is 32.6 Å². The first kappa shape index (κ1) is 76.5. The lowest BCUT2D eigenvalue weighted by Gasteiger charge is -2.51. The predicted octanol–water partition coefficient (Wildman–Crippen LogP) is 13.0. The van der Waals surface area contributed by atoms with Gasteiger partial charge in [-0.05, 0) is 49.3 Å². The molecular formula is C70H113NO18. The number of rotatable bonds is 40. The van der Waals surface area contributed by atoms with E-state index >= 15 is 0 Å². The van der Waals surface area contributed by atoms with Crippen LogP contribution < -0.4 is 5.32 Å². The Morgan fingerprint density at radius 3 is 1.82 bits per heavy atom. The van der Waals surface area contributed by atoms with E-state index in [9.17, 15) is 38.7 Å². The number of hydrogen-bond donors (Lipinski definition) is 2. The largest absolute Gasteiger partial charge is 0.465 e. The second kappa shape index (κ2) is 43.7. The number of carbonyl (C=O) groups excluding carboxylic acids is 7. The molecule has 506 valence electrons. The Bertz CT molecular complexity index is 2230. The Morgan fingerprint density at radius 1 is 0.719 bits per heavy atom. The summed E-state index contributed by atoms with van der Waals surface area (Å²) in [4.78, 5) is 94.3. The third-order valence-electron chi connectivity index (χ3n) is 17.6. The Labute approximate surface area is 532 Å². The summed E-state index contributed by atoms with van der Waals surface area (Å²) in [5, 5.41) is 15.9. The van der Waals surface area contributed by atoms with Gasteiger partial charge in [-0.2, -0.15) is 0 Å². The van der Waals surface area contributed by atoms with Gasteiger partial charge in [-0.15, -0.1) is 0 Å². The number of fused-ring (bicyclic) bond motifs is 2. The maximum Gasteiger partial charge on any atom is 0.366 e. The van der Waals surface area contributed by atoms with Crippen molar-refractivity contribution in [2.75, 3.05) is 26.9 Å². The first-order chi connectivity index (χ1) is 42.9. The quantitative estimate of drug-likeness (QED) is 0.0268. The number of carbonyl (C=O) groups is 7. The summed E-state index contributed by atoms with van der Waals surface area (Å²) >= 11 is 0. The van der Waals surface area contributed by atoms with E-state index < -0.39 is 116 Å². The van der Waals surface area contributed by atoms with E-state index in [0.29, 0.717) is 12.8 Å². The molecule has 0 aromatic heterocycles. The molecular weight excluding hydrogens is 1140 g/mol. The highest BCUT2D eigenvalue weighted by Gasteiger charge is 2.59. The Kier molecular flexibility index (Phi) is 37.6. The number of esters is 6. The van der Waals surface area contributed by atoms with E-state index in [2.05, 4.69) is 19.2 Å². The molecule has 1 aromatic rings. The average Bonchev–Trinajstić information content (AvgIpc) is 0.891. The summed E-state index contributed by atoms with van der Waals surface area (Å²) in [5.74, 6) is -8.81. The fourth-order valence-corrected chi connectivity index (χ4v) is 12.1. The van der Waals surface area contributed by atoms with Gasteiger partial charge < -0.3 is 57.8 Å². The second-order valence-electron chi connectivity index (χ2n) is 25.1. The van der Waals surface area contributed by atoms with Gasteiger partial charge in [0.15, 0.2) is 12.4 Å². The minimum atomic E-state index is -2.33. The highest BCUT2D eigenvalue weighted by Crippen LogP contribution is 2.44. The molecule has 2 bridgehead atoms. The molecule has 0 saturated carbocycles. The average molecular weight is 1260 g/mol. The van der Waals surface area contributed by atoms with Crippen LogP contribution in [0.5, 0.6) is 0 Å². The predicted molar refractivity (Wildman–Crippen MR) is 337 cm³/mol. The van der Waals surface area contributed by atoms with Crippen LogP contribution in [0.4, 0.5) is 0 Å². The number of nitrogens with one attached hydrogen (secondary N) is 1. The monoisotopic (exact) mass is 1260 g/mol. The lowest BCUT2D eigenvalue weighted by Crippen LogP contribution is -2.66. The summed E-state index contributed by atoms with van der Waals surface area (Å²) in [6, 6.07) is 6.98. The number of methoxy groups -OCH3 is 1. The number of cyclic esters (lactones) is 2. The van der Waals surface area contributed by atoms with Gasteiger partial charge in [0.25, 0.3) is 5.79 Å². The number of hydrogen-bond acceptors (Lipinski definition) is 18. The molecule has 0 radical (unpaired) electrons. The molecule has 3 aliphatic heterocycles. The highest BCUT2D eigenvalue weighted by molar-refractivity contribution is 5.89. The molecule has 3 fully saturated rings. The zero-order valence-corrected chi connectivity index (χ0v) is 55.4. The van der Waals surface area contributed by atoms with Crippen molar-refractivity contribution in [1.29, 1.82) is 0 Å². The van der Waals surface area contributed by atoms with E-state index in [0.717, 1.165) is 58.5 Å². The Morgan fingerprint density at radius 2 is 1.27 bits per heavy atom. The molecule has 3 aliphatic rings. The Hall–Kier alpha value is -4.95. The maximum atomic E-state index is 14.4. The summed E-state index contributed by atoms with van der Waals surface area (Å²) in [6.07, 6.45) is 22.7. The molecule has 3 heterocycles. The van der Waals surface area contributed by atoms with Crippen LogP contribution in [-0.2, 0) is 76.1 Å². The van der Waals surface area contributed by atoms with Gasteiger partial charge in [-0.25, -0.2) is 9.59 Å². The fraction of sp³-hybridized carbons (Fsp3) is 0.786. The minimum Gasteiger partial charge on any atom is -0.465 e. The number of benzene rings is 1. The first-order valence-corrected chi connectivity index (χ1v) is 34.2. The van der Waals surface area contributed by atoms with Crippen molar-refractivity contribution in [3.8, 4) is 0 Å². The number of unbranched alkanes of at least 4 members (excludes halogenated alkanes) is 25. The zero-order valence-electron chi connectivity index (χ0n) is 55.4. The fourth-order valence-electron chi connectivity index (χ4n) is 12.1. The summed E-state index contributed by atoms with van der Waals surface area (Å²) in [6.45, 7) is 11.0. The standard InChI is InChI=1S/C70H113NO18/c1-9-11-13-15-17-19-21-23-24-26-28-30-32-34-39-43-60(74)71-56-47-83-68-66(87-67(78)55-40-36-35-37-41-55)63(77)65(89-70(69(79)80-8)46-50(3)51(4)64(88-70)52(5)58(84-54(7)73)48-81-53(6)72)59(86-68)49-82-61(75)44-45-62(76)85-57(56)42-38-33-31-29-27-25-22-20-18-16-14-12-10-2/h35-38,40-42,50-52,56-59,63-66,68,77H,9-34,39,43-49H2,1-8H3,(H,71,74)/b42-38+/t50?,51-,52+,56-,57+,58+,59-,63?,64+,65+,66?,68+,70-/m0/s1. The van der Waals surface area contributed by atoms with E-state index in [-0.39, 0.29) is 55.8 Å². The van der Waals surface area contributed by atoms with Crippen molar-refractivity contribution in [3.63, 3.8) is 0 Å². The second-order valence-corrected chi connectivity index (χ2v) is 25.1. The lowest BCUT2D eigenvalue weighted by molar-refractivity contribution is -0.367. The number of ether oxygens (including phenoxy) is 10. The SMILES string of the molecule is CCCCCCCCCCCCC/C=C/[C@H]1OC(=O)CCC(=O)OC[C@@H]2O[C@@H](OC[C@@H]1NC(=O)CCCCCCCCCCCCCCCCC)C(OC(=O)c1ccccc1)C(O)[C@@H]2O[C@]1(C(=O)OC)CC(C)[C@H](C)[C@H]([C@H](C)[C@@H](COC(C)=O)OC(C)=O)O1. The van der Waals surface area contributed by atoms with Gasteiger partial charge in [0.1, 0.15) is 43.7 Å². The molecule has 19 heteroatoms. The lowest BCUT2D eigenvalue weighted by atomic mass is 9.76. The number of allylic oxidation sites excluding steroid dienone is 1. The van der Waals surface area contributed by atoms with Gasteiger partial charge >= 0.3 is 35.8 Å². The molecule has 3 saturated heterocycles. The van der Waals surface area contributed by atoms with Crippen LogP contribution in [-0.4, -0.2) is 135 Å². The van der Waals surface area contributed by atoms with Crippen LogP contribution in [0.3, 0.4) is 0 Å². The summed E-state index contributed by atoms with van der Waals surface area (Å²) in [5.41, 5.74) is 0.116. The van der Waals surface area contributed by atoms with Crippen molar-refractivity contribution < 1.29 is 86.0 Å². The smallest absolute Gasteiger partial charge is 0.366 e. The van der Waals surface area contributed by atoms with Gasteiger partial charge in [-0.3, -0.25) is 24.0 Å². The molecule has 19 nitrogen and oxygen atoms in total. The molecule has 89 heavy (non-hydrogen) atoms. The van der Waals surface area contributed by atoms with Crippen LogP contribution in [0.15, 0.2) is 42.5 Å². The normalized spacial score (nSPS) is 25.8. The first-order valence-electron chi connectivity index (χ1n) is 34.2. The molecule has 0 aliphatic carbocycles. The van der Waals surface area contributed by atoms with Crippen molar-refractivity contribution >= 4 is 41.7 Å². The van der Waals surface area contributed by atoms with Crippen LogP contribution in [0.2, 0.25) is 0 Å². The van der Waals surface area contributed by atoms with Crippen LogP contribution in [0.1, 0.15) is 258 Å². The molecule has 13 atom stereocenters. The topological polar surface area (TPSA) is 244 Å². The van der Waals surface area contributed by atoms with Gasteiger partial charge in [-0.1, -0.05) is 213 Å². The van der Waals surface area contributed by atoms with Crippen LogP contribution in [0, 0.1) is 17.8 Å². The van der Waals surface area contributed by atoms with Crippen LogP contribution >= 0.6 is 0 Å². The highest BCUT2D eigenvalue weighted by atomic mass is 16.8. The van der Waals surface area contributed by atoms with E-state index in [4.69, 9.17) is 47.4 Å². The number of aliphatic hydroxyl groups is 1. The zero-order chi connectivity index (χ0) is 64.8. The minimum absolute atomic E-state index is 0.116. The molecule has 1 aromatic carbocycles. The maximum absolute atomic E-state index is 14.4. The summed E-state index contributed by atoms with van der Waals surface area (Å²) < 4.78 is 60.8. The number of amides is 1. The van der Waals surface area contributed by atoms with Crippen molar-refractivity contribution in [2.45, 2.75) is 308 Å². The van der Waals surface area contributed by atoms with Crippen molar-refractivity contribution in [2.24, 2.45) is 17.8 Å². The van der Waals surface area contributed by atoms with Gasteiger partial charge in [0.2, 0.25) is 5.91 Å². The van der Waals surface area contributed by atoms with E-state index in [1.165, 1.54) is 135 Å². The molecule has 0 spiro atoms. The Balaban J connectivity index is 1.63. The van der Waals surface area contributed by atoms with Gasteiger partial charge in [0.05, 0.1) is 44.3 Å². The van der Waals surface area contributed by atoms with Crippen molar-refractivity contribution in [3.05, 3.63) is 48.0 Å².